The molecule has 0 saturated carbocycles. The van der Waals surface area contributed by atoms with Crippen LogP contribution in [-0.2, 0) is 35.0 Å². The Hall–Kier alpha value is -0.540. The zero-order valence-electron chi connectivity index (χ0n) is 20.1. The fourth-order valence-corrected chi connectivity index (χ4v) is 4.17. The van der Waals surface area contributed by atoms with Gasteiger partial charge in [0.05, 0.1) is 13.2 Å². The topological polar surface area (TPSA) is 55.4 Å². The Kier molecular flexibility index (Phi) is 14.0. The van der Waals surface area contributed by atoms with Crippen LogP contribution in [0.4, 0.5) is 0 Å². The van der Waals surface area contributed by atoms with Crippen LogP contribution in [0.2, 0.25) is 0 Å². The third kappa shape index (κ3) is 9.01. The van der Waals surface area contributed by atoms with E-state index in [9.17, 15) is 0 Å². The highest BCUT2D eigenvalue weighted by Crippen LogP contribution is 2.29. The number of hydrogen-bond donors (Lipinski definition) is 0. The minimum atomic E-state index is -0.528. The number of rotatable bonds is 16. The van der Waals surface area contributed by atoms with Crippen molar-refractivity contribution in [1.82, 2.24) is 0 Å². The van der Waals surface area contributed by atoms with Gasteiger partial charge in [0.2, 0.25) is 0 Å². The molecule has 1 aliphatic rings. The summed E-state index contributed by atoms with van der Waals surface area (Å²) in [6.07, 6.45) is 5.07. The Balaban J connectivity index is 1.97. The first-order valence-electron chi connectivity index (χ1n) is 11.9. The standard InChI is InChI=1S/C25H41BrO6/c1-5-7-8-9-10-16-31-24-23(30-15-6-2)22(27-3)21(32-25(24)28-4)18-29-17-19-11-13-20(26)14-12-19/h11-14,21-25H,5-10,15-18H2,1-4H3/t21-,22-,23+,24-,25+/m1/s1. The molecule has 6 nitrogen and oxygen atoms in total. The molecule has 7 heteroatoms. The maximum Gasteiger partial charge on any atom is 0.186 e. The van der Waals surface area contributed by atoms with Crippen molar-refractivity contribution >= 4 is 15.9 Å². The predicted molar refractivity (Wildman–Crippen MR) is 129 cm³/mol. The molecular weight excluding hydrogens is 476 g/mol. The summed E-state index contributed by atoms with van der Waals surface area (Å²) >= 11 is 3.46. The maximum atomic E-state index is 6.24. The lowest BCUT2D eigenvalue weighted by Gasteiger charge is -2.45. The second-order valence-electron chi connectivity index (χ2n) is 8.21. The van der Waals surface area contributed by atoms with Crippen molar-refractivity contribution in [1.29, 1.82) is 0 Å². The van der Waals surface area contributed by atoms with Crippen LogP contribution in [-0.4, -0.2) is 64.7 Å². The predicted octanol–water partition coefficient (Wildman–Crippen LogP) is 5.50. The second-order valence-corrected chi connectivity index (χ2v) is 9.12. The van der Waals surface area contributed by atoms with Crippen molar-refractivity contribution in [2.24, 2.45) is 0 Å². The molecule has 0 aromatic heterocycles. The maximum absolute atomic E-state index is 6.24. The van der Waals surface area contributed by atoms with Crippen LogP contribution < -0.4 is 0 Å². The summed E-state index contributed by atoms with van der Waals surface area (Å²) in [5.74, 6) is 0. The van der Waals surface area contributed by atoms with E-state index >= 15 is 0 Å². The molecule has 5 atom stereocenters. The second kappa shape index (κ2) is 16.1. The highest BCUT2D eigenvalue weighted by molar-refractivity contribution is 9.10. The van der Waals surface area contributed by atoms with E-state index in [2.05, 4.69) is 29.8 Å². The quantitative estimate of drug-likeness (QED) is 0.270. The molecular formula is C25H41BrO6. The van der Waals surface area contributed by atoms with Crippen LogP contribution in [0.5, 0.6) is 0 Å². The minimum Gasteiger partial charge on any atom is -0.376 e. The SMILES string of the molecule is CCCCCCCO[C@H]1[C@@H](OC)O[C@H](COCc2ccc(Br)cc2)[C@@H](OC)[C@@H]1OCCC. The number of ether oxygens (including phenoxy) is 6. The largest absolute Gasteiger partial charge is 0.376 e. The van der Waals surface area contributed by atoms with Gasteiger partial charge >= 0.3 is 0 Å². The lowest BCUT2D eigenvalue weighted by molar-refractivity contribution is -0.315. The number of hydrogen-bond acceptors (Lipinski definition) is 6. The molecule has 1 heterocycles. The number of benzene rings is 1. The molecule has 0 amide bonds. The van der Waals surface area contributed by atoms with E-state index in [-0.39, 0.29) is 24.4 Å². The van der Waals surface area contributed by atoms with Gasteiger partial charge in [0, 0.05) is 31.9 Å². The molecule has 0 N–H and O–H groups in total. The van der Waals surface area contributed by atoms with Gasteiger partial charge in [0.15, 0.2) is 6.29 Å². The van der Waals surface area contributed by atoms with Gasteiger partial charge in [-0.25, -0.2) is 0 Å². The lowest BCUT2D eigenvalue weighted by atomic mass is 9.98. The van der Waals surface area contributed by atoms with Gasteiger partial charge in [-0.1, -0.05) is 67.6 Å². The fourth-order valence-electron chi connectivity index (χ4n) is 3.91. The van der Waals surface area contributed by atoms with Crippen LogP contribution >= 0.6 is 15.9 Å². The van der Waals surface area contributed by atoms with E-state index in [0.29, 0.717) is 26.4 Å². The van der Waals surface area contributed by atoms with Gasteiger partial charge in [-0.15, -0.1) is 0 Å². The van der Waals surface area contributed by atoms with Gasteiger partial charge < -0.3 is 28.4 Å². The Bertz CT molecular complexity index is 599. The van der Waals surface area contributed by atoms with E-state index in [1.807, 2.05) is 24.3 Å². The summed E-state index contributed by atoms with van der Waals surface area (Å²) < 4.78 is 37.2. The summed E-state index contributed by atoms with van der Waals surface area (Å²) in [5, 5.41) is 0. The summed E-state index contributed by atoms with van der Waals surface area (Å²) in [5.41, 5.74) is 1.10. The Labute approximate surface area is 202 Å². The van der Waals surface area contributed by atoms with E-state index in [1.54, 1.807) is 14.2 Å². The normalized spacial score (nSPS) is 25.8. The van der Waals surface area contributed by atoms with E-state index < -0.39 is 6.29 Å². The summed E-state index contributed by atoms with van der Waals surface area (Å²) in [6, 6.07) is 8.09. The Morgan fingerprint density at radius 2 is 1.53 bits per heavy atom. The fraction of sp³-hybridized carbons (Fsp3) is 0.760. The summed E-state index contributed by atoms with van der Waals surface area (Å²) in [6.45, 7) is 6.48. The van der Waals surface area contributed by atoms with Crippen LogP contribution in [0.15, 0.2) is 28.7 Å². The zero-order chi connectivity index (χ0) is 23.2. The van der Waals surface area contributed by atoms with Crippen molar-refractivity contribution in [2.45, 2.75) is 89.7 Å². The first kappa shape index (κ1) is 27.7. The average Bonchev–Trinajstić information content (AvgIpc) is 2.81. The van der Waals surface area contributed by atoms with Gasteiger partial charge in [0.25, 0.3) is 0 Å². The molecule has 0 bridgehead atoms. The highest BCUT2D eigenvalue weighted by Gasteiger charge is 2.48. The van der Waals surface area contributed by atoms with Gasteiger partial charge in [-0.2, -0.15) is 0 Å². The number of unbranched alkanes of at least 4 members (excludes halogenated alkanes) is 4. The average molecular weight is 518 g/mol. The van der Waals surface area contributed by atoms with Crippen molar-refractivity contribution < 1.29 is 28.4 Å². The molecule has 184 valence electrons. The number of methoxy groups -OCH3 is 2. The van der Waals surface area contributed by atoms with Crippen molar-refractivity contribution in [2.75, 3.05) is 34.0 Å². The molecule has 1 fully saturated rings. The van der Waals surface area contributed by atoms with Crippen LogP contribution in [0.3, 0.4) is 0 Å². The smallest absolute Gasteiger partial charge is 0.186 e. The van der Waals surface area contributed by atoms with Gasteiger partial charge in [-0.05, 0) is 30.5 Å². The van der Waals surface area contributed by atoms with Crippen molar-refractivity contribution in [3.05, 3.63) is 34.3 Å². The Morgan fingerprint density at radius 1 is 0.812 bits per heavy atom. The molecule has 0 aliphatic carbocycles. The van der Waals surface area contributed by atoms with Crippen LogP contribution in [0.25, 0.3) is 0 Å². The monoisotopic (exact) mass is 516 g/mol. The molecule has 1 aromatic carbocycles. The lowest BCUT2D eigenvalue weighted by Crippen LogP contribution is -2.61. The first-order chi connectivity index (χ1) is 15.6. The third-order valence-electron chi connectivity index (χ3n) is 5.63. The molecule has 32 heavy (non-hydrogen) atoms. The summed E-state index contributed by atoms with van der Waals surface area (Å²) in [4.78, 5) is 0. The van der Waals surface area contributed by atoms with Crippen molar-refractivity contribution in [3.63, 3.8) is 0 Å². The van der Waals surface area contributed by atoms with Crippen LogP contribution in [0, 0.1) is 0 Å². The molecule has 0 unspecified atom stereocenters. The molecule has 1 aromatic rings. The van der Waals surface area contributed by atoms with E-state index in [0.717, 1.165) is 22.9 Å². The molecule has 0 spiro atoms. The van der Waals surface area contributed by atoms with E-state index in [4.69, 9.17) is 28.4 Å². The number of halogens is 1. The molecule has 2 rings (SSSR count). The third-order valence-corrected chi connectivity index (χ3v) is 6.16. The van der Waals surface area contributed by atoms with Crippen LogP contribution in [0.1, 0.15) is 57.9 Å². The van der Waals surface area contributed by atoms with E-state index in [1.165, 1.54) is 25.7 Å². The zero-order valence-corrected chi connectivity index (χ0v) is 21.7. The van der Waals surface area contributed by atoms with Crippen molar-refractivity contribution in [3.8, 4) is 0 Å². The highest BCUT2D eigenvalue weighted by atomic mass is 79.9. The molecule has 1 saturated heterocycles. The minimum absolute atomic E-state index is 0.282. The molecule has 0 radical (unpaired) electrons. The van der Waals surface area contributed by atoms with Gasteiger partial charge in [-0.3, -0.25) is 0 Å². The molecule has 1 aliphatic heterocycles. The summed E-state index contributed by atoms with van der Waals surface area (Å²) in [7, 11) is 3.33. The van der Waals surface area contributed by atoms with Gasteiger partial charge in [0.1, 0.15) is 24.4 Å². The Morgan fingerprint density at radius 3 is 2.19 bits per heavy atom. The first-order valence-corrected chi connectivity index (χ1v) is 12.7.